The minimum absolute atomic E-state index is 0.387. The van der Waals surface area contributed by atoms with E-state index in [4.69, 9.17) is 14.7 Å². The fraction of sp³-hybridized carbons (Fsp3) is 0.867. The van der Waals surface area contributed by atoms with Crippen molar-refractivity contribution in [2.45, 2.75) is 81.2 Å². The Morgan fingerprint density at radius 2 is 1.74 bits per heavy atom. The van der Waals surface area contributed by atoms with Crippen molar-refractivity contribution < 1.29 is 4.74 Å². The molecule has 0 amide bonds. The van der Waals surface area contributed by atoms with Gasteiger partial charge in [-0.1, -0.05) is 19.3 Å². The number of nitrogens with zero attached hydrogens (tertiary/aromatic N) is 2. The quantitative estimate of drug-likeness (QED) is 0.773. The summed E-state index contributed by atoms with van der Waals surface area (Å²) in [5.41, 5.74) is 0. The summed E-state index contributed by atoms with van der Waals surface area (Å²) in [7, 11) is 0. The highest BCUT2D eigenvalue weighted by Gasteiger charge is 2.36. The van der Waals surface area contributed by atoms with Crippen molar-refractivity contribution in [2.24, 2.45) is 9.98 Å². The van der Waals surface area contributed by atoms with Gasteiger partial charge in [-0.25, -0.2) is 4.99 Å². The third kappa shape index (κ3) is 2.44. The Morgan fingerprint density at radius 1 is 0.947 bits per heavy atom. The Morgan fingerprint density at radius 3 is 2.58 bits per heavy atom. The molecular weight excluding hydrogens is 256 g/mol. The van der Waals surface area contributed by atoms with Crippen molar-refractivity contribution in [3.05, 3.63) is 0 Å². The Hall–Kier alpha value is -0.510. The Kier molecular flexibility index (Phi) is 3.30. The van der Waals surface area contributed by atoms with E-state index in [-0.39, 0.29) is 0 Å². The van der Waals surface area contributed by atoms with E-state index in [9.17, 15) is 0 Å². The van der Waals surface area contributed by atoms with Crippen molar-refractivity contribution in [1.82, 2.24) is 0 Å². The standard InChI is InChI=1S/C15H22N2OS/c1-3-7-12-10(5-1)16-14(18-12)9-15-17-11-6-2-4-8-13(11)19-15/h10-13H,1-9H2. The van der Waals surface area contributed by atoms with Gasteiger partial charge in [0.2, 0.25) is 0 Å². The van der Waals surface area contributed by atoms with Gasteiger partial charge in [0, 0.05) is 5.25 Å². The van der Waals surface area contributed by atoms with Gasteiger partial charge in [0.15, 0.2) is 5.90 Å². The second-order valence-corrected chi connectivity index (χ2v) is 7.55. The molecule has 2 aliphatic carbocycles. The first-order valence-electron chi connectivity index (χ1n) is 7.85. The van der Waals surface area contributed by atoms with E-state index >= 15 is 0 Å². The van der Waals surface area contributed by atoms with Gasteiger partial charge in [-0.05, 0) is 32.1 Å². The second kappa shape index (κ2) is 5.12. The molecule has 0 radical (unpaired) electrons. The molecule has 0 N–H and O–H groups in total. The number of hydrogen-bond acceptors (Lipinski definition) is 4. The topological polar surface area (TPSA) is 34.0 Å². The van der Waals surface area contributed by atoms with Gasteiger partial charge in [0.25, 0.3) is 0 Å². The van der Waals surface area contributed by atoms with E-state index in [0.29, 0.717) is 18.2 Å². The number of ether oxygens (including phenoxy) is 1. The summed E-state index contributed by atoms with van der Waals surface area (Å²) in [4.78, 5) is 9.70. The van der Waals surface area contributed by atoms with Crippen LogP contribution in [0.5, 0.6) is 0 Å². The van der Waals surface area contributed by atoms with Crippen LogP contribution in [0.2, 0.25) is 0 Å². The molecule has 4 atom stereocenters. The zero-order chi connectivity index (χ0) is 12.7. The van der Waals surface area contributed by atoms with Gasteiger partial charge in [-0.3, -0.25) is 4.99 Å². The van der Waals surface area contributed by atoms with E-state index in [2.05, 4.69) is 0 Å². The molecule has 2 heterocycles. The SMILES string of the molecule is C1CCC2OC(CC3=NC4CCCCC4S3)=NC2C1. The minimum atomic E-state index is 0.387. The molecule has 2 aliphatic heterocycles. The number of aliphatic imine (C=N–C) groups is 2. The Labute approximate surface area is 119 Å². The zero-order valence-electron chi connectivity index (χ0n) is 11.4. The monoisotopic (exact) mass is 278 g/mol. The van der Waals surface area contributed by atoms with Crippen molar-refractivity contribution in [1.29, 1.82) is 0 Å². The van der Waals surface area contributed by atoms with Crippen LogP contribution in [0.25, 0.3) is 0 Å². The summed E-state index contributed by atoms with van der Waals surface area (Å²) < 4.78 is 6.04. The van der Waals surface area contributed by atoms with Crippen LogP contribution in [0.1, 0.15) is 57.8 Å². The molecule has 3 nitrogen and oxygen atoms in total. The van der Waals surface area contributed by atoms with Crippen LogP contribution in [0.15, 0.2) is 9.98 Å². The van der Waals surface area contributed by atoms with Crippen molar-refractivity contribution in [3.8, 4) is 0 Å². The molecule has 0 saturated heterocycles. The van der Waals surface area contributed by atoms with Crippen LogP contribution < -0.4 is 0 Å². The van der Waals surface area contributed by atoms with Gasteiger partial charge in [-0.2, -0.15) is 0 Å². The second-order valence-electron chi connectivity index (χ2n) is 6.24. The number of thioether (sulfide) groups is 1. The first-order chi connectivity index (χ1) is 9.38. The highest BCUT2D eigenvalue weighted by Crippen LogP contribution is 2.38. The van der Waals surface area contributed by atoms with Crippen LogP contribution in [-0.4, -0.2) is 34.4 Å². The van der Waals surface area contributed by atoms with Gasteiger partial charge >= 0.3 is 0 Å². The van der Waals surface area contributed by atoms with Gasteiger partial charge in [-0.15, -0.1) is 11.8 Å². The van der Waals surface area contributed by atoms with Gasteiger partial charge in [0.1, 0.15) is 6.10 Å². The van der Waals surface area contributed by atoms with Gasteiger partial charge in [0.05, 0.1) is 23.5 Å². The molecule has 2 saturated carbocycles. The fourth-order valence-corrected chi connectivity index (χ4v) is 5.20. The van der Waals surface area contributed by atoms with Gasteiger partial charge < -0.3 is 4.74 Å². The maximum atomic E-state index is 6.04. The van der Waals surface area contributed by atoms with Crippen molar-refractivity contribution in [2.75, 3.05) is 0 Å². The first kappa shape index (κ1) is 12.2. The molecule has 104 valence electrons. The van der Waals surface area contributed by atoms with Crippen LogP contribution in [-0.2, 0) is 4.74 Å². The Bertz CT molecular complexity index is 382. The molecule has 4 unspecified atom stereocenters. The summed E-state index contributed by atoms with van der Waals surface area (Å²) in [6, 6.07) is 1.05. The van der Waals surface area contributed by atoms with E-state index in [1.807, 2.05) is 11.8 Å². The minimum Gasteiger partial charge on any atom is -0.475 e. The van der Waals surface area contributed by atoms with Crippen LogP contribution >= 0.6 is 11.8 Å². The number of rotatable bonds is 2. The summed E-state index contributed by atoms with van der Waals surface area (Å²) in [6.07, 6.45) is 11.7. The summed E-state index contributed by atoms with van der Waals surface area (Å²) in [6.45, 7) is 0. The first-order valence-corrected chi connectivity index (χ1v) is 8.73. The third-order valence-corrected chi connectivity index (χ3v) is 6.21. The molecule has 4 heteroatoms. The lowest BCUT2D eigenvalue weighted by Crippen LogP contribution is -2.26. The predicted octanol–water partition coefficient (Wildman–Crippen LogP) is 3.57. The molecular formula is C15H22N2OS. The molecule has 4 aliphatic rings. The number of fused-ring (bicyclic) bond motifs is 2. The highest BCUT2D eigenvalue weighted by atomic mass is 32.2. The Balaban J connectivity index is 1.40. The smallest absolute Gasteiger partial charge is 0.190 e. The lowest BCUT2D eigenvalue weighted by Gasteiger charge is -2.22. The van der Waals surface area contributed by atoms with Crippen LogP contribution in [0, 0.1) is 0 Å². The zero-order valence-corrected chi connectivity index (χ0v) is 12.2. The predicted molar refractivity (Wildman–Crippen MR) is 80.3 cm³/mol. The molecule has 0 aromatic carbocycles. The normalized spacial score (nSPS) is 41.1. The molecule has 19 heavy (non-hydrogen) atoms. The molecule has 0 spiro atoms. The fourth-order valence-electron chi connectivity index (χ4n) is 3.81. The average Bonchev–Trinajstić information content (AvgIpc) is 3.00. The molecule has 0 aromatic heterocycles. The van der Waals surface area contributed by atoms with Crippen molar-refractivity contribution >= 4 is 22.7 Å². The van der Waals surface area contributed by atoms with Crippen molar-refractivity contribution in [3.63, 3.8) is 0 Å². The molecule has 2 fully saturated rings. The van der Waals surface area contributed by atoms with E-state index in [1.54, 1.807) is 0 Å². The number of hydrogen-bond donors (Lipinski definition) is 0. The third-order valence-electron chi connectivity index (χ3n) is 4.83. The molecule has 0 aromatic rings. The maximum Gasteiger partial charge on any atom is 0.190 e. The molecule has 0 bridgehead atoms. The lowest BCUT2D eigenvalue weighted by atomic mass is 9.94. The lowest BCUT2D eigenvalue weighted by molar-refractivity contribution is 0.151. The summed E-state index contributed by atoms with van der Waals surface area (Å²) >= 11 is 2.00. The maximum absolute atomic E-state index is 6.04. The van der Waals surface area contributed by atoms with Crippen LogP contribution in [0.3, 0.4) is 0 Å². The molecule has 4 rings (SSSR count). The van der Waals surface area contributed by atoms with Crippen LogP contribution in [0.4, 0.5) is 0 Å². The van der Waals surface area contributed by atoms with E-state index in [1.165, 1.54) is 56.4 Å². The average molecular weight is 278 g/mol. The van der Waals surface area contributed by atoms with E-state index in [0.717, 1.165) is 17.6 Å². The summed E-state index contributed by atoms with van der Waals surface area (Å²) in [5, 5.41) is 2.04. The van der Waals surface area contributed by atoms with E-state index < -0.39 is 0 Å². The summed E-state index contributed by atoms with van der Waals surface area (Å²) in [5.74, 6) is 0.974. The highest BCUT2D eigenvalue weighted by molar-refractivity contribution is 8.14. The largest absolute Gasteiger partial charge is 0.475 e.